The van der Waals surface area contributed by atoms with E-state index in [1.165, 1.54) is 23.9 Å². The molecule has 1 saturated heterocycles. The van der Waals surface area contributed by atoms with E-state index in [4.69, 9.17) is 0 Å². The second-order valence-electron chi connectivity index (χ2n) is 7.94. The molecule has 0 spiro atoms. The van der Waals surface area contributed by atoms with E-state index in [2.05, 4.69) is 15.6 Å². The molecule has 2 aromatic carbocycles. The Bertz CT molecular complexity index is 1050. The fraction of sp³-hybridized carbons (Fsp3) is 0.348. The Labute approximate surface area is 184 Å². The summed E-state index contributed by atoms with van der Waals surface area (Å²) in [6.45, 7) is 1.57. The van der Waals surface area contributed by atoms with Gasteiger partial charge in [-0.3, -0.25) is 4.79 Å². The number of amides is 1. The lowest BCUT2D eigenvalue weighted by molar-refractivity contribution is -0.131. The third-order valence-corrected chi connectivity index (χ3v) is 7.06. The molecule has 0 bridgehead atoms. The van der Waals surface area contributed by atoms with Crippen LogP contribution in [-0.2, 0) is 4.79 Å². The van der Waals surface area contributed by atoms with Crippen molar-refractivity contribution < 1.29 is 9.18 Å². The molecule has 2 aliphatic rings. The van der Waals surface area contributed by atoms with Crippen LogP contribution in [0.2, 0.25) is 0 Å². The van der Waals surface area contributed by atoms with Crippen LogP contribution in [0.1, 0.15) is 37.3 Å². The Hall–Kier alpha value is -2.87. The molecule has 160 valence electrons. The van der Waals surface area contributed by atoms with Crippen molar-refractivity contribution in [1.29, 1.82) is 0 Å². The molecule has 0 radical (unpaired) electrons. The van der Waals surface area contributed by atoms with Gasteiger partial charge in [-0.25, -0.2) is 9.07 Å². The second-order valence-corrected chi connectivity index (χ2v) is 9.05. The van der Waals surface area contributed by atoms with Gasteiger partial charge >= 0.3 is 0 Å². The van der Waals surface area contributed by atoms with E-state index in [9.17, 15) is 9.18 Å². The van der Waals surface area contributed by atoms with Gasteiger partial charge in [0.05, 0.1) is 6.04 Å². The summed E-state index contributed by atoms with van der Waals surface area (Å²) in [7, 11) is 0. The number of nitrogens with one attached hydrogen (secondary N) is 1. The highest BCUT2D eigenvalue weighted by Gasteiger charge is 2.40. The van der Waals surface area contributed by atoms with Gasteiger partial charge in [-0.15, -0.1) is 10.2 Å². The number of benzene rings is 2. The zero-order chi connectivity index (χ0) is 21.2. The minimum Gasteiger partial charge on any atom is -0.342 e. The third kappa shape index (κ3) is 4.04. The van der Waals surface area contributed by atoms with E-state index in [0.717, 1.165) is 49.9 Å². The number of carbonyl (C=O) groups excluding carboxylic acids is 1. The highest BCUT2D eigenvalue weighted by Crippen LogP contribution is 2.39. The first-order valence-electron chi connectivity index (χ1n) is 10.7. The number of fused-ring (bicyclic) bond motifs is 1. The van der Waals surface area contributed by atoms with Crippen LogP contribution in [0.25, 0.3) is 11.4 Å². The van der Waals surface area contributed by atoms with Crippen molar-refractivity contribution in [3.63, 3.8) is 0 Å². The molecule has 5 rings (SSSR count). The molecule has 0 unspecified atom stereocenters. The van der Waals surface area contributed by atoms with E-state index in [0.29, 0.717) is 11.0 Å². The molecule has 1 N–H and O–H groups in total. The van der Waals surface area contributed by atoms with E-state index in [1.54, 1.807) is 12.1 Å². The molecule has 31 heavy (non-hydrogen) atoms. The maximum atomic E-state index is 13.6. The largest absolute Gasteiger partial charge is 0.342 e. The molecule has 1 amide bonds. The van der Waals surface area contributed by atoms with Crippen LogP contribution in [0.3, 0.4) is 0 Å². The molecule has 0 saturated carbocycles. The van der Waals surface area contributed by atoms with Gasteiger partial charge in [0, 0.05) is 18.7 Å². The fourth-order valence-corrected chi connectivity index (χ4v) is 5.37. The molecular formula is C23H24FN5OS. The summed E-state index contributed by atoms with van der Waals surface area (Å²) in [6, 6.07) is 15.9. The second kappa shape index (κ2) is 8.70. The van der Waals surface area contributed by atoms with Crippen molar-refractivity contribution in [2.45, 2.75) is 42.1 Å². The Morgan fingerprint density at radius 3 is 2.39 bits per heavy atom. The first kappa shape index (κ1) is 20.1. The van der Waals surface area contributed by atoms with Gasteiger partial charge in [0.1, 0.15) is 11.1 Å². The molecule has 2 atom stereocenters. The number of nitrogens with zero attached hydrogens (tertiary/aromatic N) is 4. The maximum Gasteiger partial charge on any atom is 0.238 e. The quantitative estimate of drug-likeness (QED) is 0.664. The van der Waals surface area contributed by atoms with E-state index < -0.39 is 5.25 Å². The van der Waals surface area contributed by atoms with Crippen LogP contribution in [0.4, 0.5) is 4.39 Å². The SMILES string of the molecule is O=C([C@@H]1Sc2nnc(-c3ccccc3)n2N[C@@H]1c1ccc(F)cc1)N1CCCCCC1. The molecule has 1 fully saturated rings. The molecule has 3 heterocycles. The summed E-state index contributed by atoms with van der Waals surface area (Å²) < 4.78 is 15.4. The topological polar surface area (TPSA) is 63.1 Å². The number of thioether (sulfide) groups is 1. The predicted molar refractivity (Wildman–Crippen MR) is 119 cm³/mol. The lowest BCUT2D eigenvalue weighted by Gasteiger charge is -2.35. The van der Waals surface area contributed by atoms with E-state index in [1.807, 2.05) is 39.9 Å². The number of likely N-dealkylation sites (tertiary alicyclic amines) is 1. The molecular weight excluding hydrogens is 413 g/mol. The van der Waals surface area contributed by atoms with Gasteiger partial charge in [-0.2, -0.15) is 0 Å². The Balaban J connectivity index is 1.52. The summed E-state index contributed by atoms with van der Waals surface area (Å²) >= 11 is 1.43. The van der Waals surface area contributed by atoms with Crippen LogP contribution < -0.4 is 5.43 Å². The highest BCUT2D eigenvalue weighted by atomic mass is 32.2. The smallest absolute Gasteiger partial charge is 0.238 e. The van der Waals surface area contributed by atoms with Crippen molar-refractivity contribution in [1.82, 2.24) is 19.8 Å². The summed E-state index contributed by atoms with van der Waals surface area (Å²) in [5.41, 5.74) is 5.26. The van der Waals surface area contributed by atoms with Crippen molar-refractivity contribution in [3.8, 4) is 11.4 Å². The number of halogens is 1. The molecule has 2 aliphatic heterocycles. The Morgan fingerprint density at radius 2 is 1.68 bits per heavy atom. The highest BCUT2D eigenvalue weighted by molar-refractivity contribution is 8.00. The lowest BCUT2D eigenvalue weighted by atomic mass is 10.0. The number of rotatable bonds is 3. The zero-order valence-electron chi connectivity index (χ0n) is 17.1. The van der Waals surface area contributed by atoms with E-state index >= 15 is 0 Å². The standard InChI is InChI=1S/C23H24FN5OS/c24-18-12-10-16(11-13-18)19-20(22(30)28-14-6-1-2-7-15-28)31-23-26-25-21(29(23)27-19)17-8-4-3-5-9-17/h3-5,8-13,19-20,27H,1-2,6-7,14-15H2/t19-,20-/m1/s1. The predicted octanol–water partition coefficient (Wildman–Crippen LogP) is 4.25. The van der Waals surface area contributed by atoms with Crippen LogP contribution in [0.15, 0.2) is 59.8 Å². The fourth-order valence-electron chi connectivity index (χ4n) is 4.21. The summed E-state index contributed by atoms with van der Waals surface area (Å²) in [4.78, 5) is 15.6. The third-order valence-electron chi connectivity index (χ3n) is 5.86. The van der Waals surface area contributed by atoms with Crippen molar-refractivity contribution in [2.75, 3.05) is 18.5 Å². The van der Waals surface area contributed by atoms with Gasteiger partial charge < -0.3 is 10.3 Å². The number of hydrogen-bond acceptors (Lipinski definition) is 5. The van der Waals surface area contributed by atoms with Crippen LogP contribution >= 0.6 is 11.8 Å². The molecule has 0 aliphatic carbocycles. The van der Waals surface area contributed by atoms with Gasteiger partial charge in [-0.1, -0.05) is 67.1 Å². The maximum absolute atomic E-state index is 13.6. The Morgan fingerprint density at radius 1 is 0.968 bits per heavy atom. The number of carbonyl (C=O) groups is 1. The van der Waals surface area contributed by atoms with Gasteiger partial charge in [0.2, 0.25) is 11.1 Å². The van der Waals surface area contributed by atoms with Crippen molar-refractivity contribution >= 4 is 17.7 Å². The number of hydrogen-bond donors (Lipinski definition) is 1. The van der Waals surface area contributed by atoms with Gasteiger partial charge in [0.25, 0.3) is 0 Å². The van der Waals surface area contributed by atoms with Crippen molar-refractivity contribution in [3.05, 3.63) is 66.0 Å². The minimum atomic E-state index is -0.399. The summed E-state index contributed by atoms with van der Waals surface area (Å²) in [6.07, 6.45) is 4.39. The molecule has 6 nitrogen and oxygen atoms in total. The summed E-state index contributed by atoms with van der Waals surface area (Å²) in [5.74, 6) is 0.498. The monoisotopic (exact) mass is 437 g/mol. The molecule has 1 aromatic heterocycles. The van der Waals surface area contributed by atoms with Gasteiger partial charge in [-0.05, 0) is 30.5 Å². The molecule has 8 heteroatoms. The first-order chi connectivity index (χ1) is 15.2. The van der Waals surface area contributed by atoms with Crippen molar-refractivity contribution in [2.24, 2.45) is 0 Å². The average molecular weight is 438 g/mol. The summed E-state index contributed by atoms with van der Waals surface area (Å²) in [5, 5.41) is 8.99. The normalized spacial score (nSPS) is 21.1. The molecule has 3 aromatic rings. The van der Waals surface area contributed by atoms with Crippen LogP contribution in [0.5, 0.6) is 0 Å². The number of aromatic nitrogens is 3. The average Bonchev–Trinajstić information content (AvgIpc) is 3.02. The van der Waals surface area contributed by atoms with E-state index in [-0.39, 0.29) is 17.8 Å². The van der Waals surface area contributed by atoms with Crippen LogP contribution in [-0.4, -0.2) is 44.0 Å². The zero-order valence-corrected chi connectivity index (χ0v) is 17.9. The lowest BCUT2D eigenvalue weighted by Crippen LogP contribution is -2.46. The van der Waals surface area contributed by atoms with Crippen LogP contribution in [0, 0.1) is 5.82 Å². The minimum absolute atomic E-state index is 0.101. The first-order valence-corrected chi connectivity index (χ1v) is 11.6. The van der Waals surface area contributed by atoms with Gasteiger partial charge in [0.15, 0.2) is 5.82 Å². The Kier molecular flexibility index (Phi) is 5.63.